The van der Waals surface area contributed by atoms with Crippen molar-refractivity contribution in [3.8, 4) is 11.8 Å². The highest BCUT2D eigenvalue weighted by Crippen LogP contribution is 2.23. The van der Waals surface area contributed by atoms with E-state index in [1.807, 2.05) is 47.5 Å². The minimum Gasteiger partial charge on any atom is -0.496 e. The molecule has 3 aromatic rings. The van der Waals surface area contributed by atoms with E-state index in [-0.39, 0.29) is 0 Å². The van der Waals surface area contributed by atoms with Gasteiger partial charge >= 0.3 is 0 Å². The first kappa shape index (κ1) is 17.5. The summed E-state index contributed by atoms with van der Waals surface area (Å²) in [6.07, 6.45) is 3.52. The third kappa shape index (κ3) is 4.38. The smallest absolute Gasteiger partial charge is 0.124 e. The molecule has 0 aliphatic carbocycles. The topological polar surface area (TPSA) is 58.4 Å². The number of para-hydroxylation sites is 1. The molecule has 1 heterocycles. The molecule has 0 atom stereocenters. The van der Waals surface area contributed by atoms with E-state index in [0.29, 0.717) is 24.5 Å². The number of hydrogen-bond donors (Lipinski definition) is 0. The Morgan fingerprint density at radius 3 is 2.50 bits per heavy atom. The lowest BCUT2D eigenvalue weighted by atomic mass is 10.1. The third-order valence-electron chi connectivity index (χ3n) is 3.91. The van der Waals surface area contributed by atoms with Gasteiger partial charge < -0.3 is 4.74 Å². The van der Waals surface area contributed by atoms with Gasteiger partial charge in [-0.25, -0.2) is 5.06 Å². The lowest BCUT2D eigenvalue weighted by Gasteiger charge is -2.24. The first-order chi connectivity index (χ1) is 12.8. The lowest BCUT2D eigenvalue weighted by Crippen LogP contribution is -2.23. The highest BCUT2D eigenvalue weighted by molar-refractivity contribution is 5.45. The minimum absolute atomic E-state index is 0.290. The average Bonchev–Trinajstić information content (AvgIpc) is 2.72. The zero-order chi connectivity index (χ0) is 18.2. The van der Waals surface area contributed by atoms with Crippen molar-refractivity contribution in [3.63, 3.8) is 0 Å². The molecule has 0 bridgehead atoms. The molecular weight excluding hydrogens is 326 g/mol. The van der Waals surface area contributed by atoms with Gasteiger partial charge in [0.1, 0.15) is 12.4 Å². The predicted molar refractivity (Wildman–Crippen MR) is 99.4 cm³/mol. The van der Waals surface area contributed by atoms with E-state index in [9.17, 15) is 0 Å². The van der Waals surface area contributed by atoms with Crippen LogP contribution < -0.4 is 9.80 Å². The second-order valence-electron chi connectivity index (χ2n) is 5.64. The van der Waals surface area contributed by atoms with Crippen molar-refractivity contribution >= 4 is 5.69 Å². The van der Waals surface area contributed by atoms with Crippen LogP contribution in [0.3, 0.4) is 0 Å². The van der Waals surface area contributed by atoms with Crippen LogP contribution in [0.25, 0.3) is 0 Å². The van der Waals surface area contributed by atoms with Gasteiger partial charge in [0.05, 0.1) is 31.0 Å². The van der Waals surface area contributed by atoms with E-state index in [1.165, 1.54) is 0 Å². The number of methoxy groups -OCH3 is 1. The van der Waals surface area contributed by atoms with Crippen molar-refractivity contribution in [2.24, 2.45) is 0 Å². The summed E-state index contributed by atoms with van der Waals surface area (Å²) in [5.74, 6) is 0.695. The molecule has 5 nitrogen and oxygen atoms in total. The van der Waals surface area contributed by atoms with Gasteiger partial charge in [0.25, 0.3) is 0 Å². The Balaban J connectivity index is 1.81. The molecule has 26 heavy (non-hydrogen) atoms. The number of aromatic nitrogens is 1. The maximum Gasteiger partial charge on any atom is 0.124 e. The van der Waals surface area contributed by atoms with Gasteiger partial charge in [-0.1, -0.05) is 18.2 Å². The Labute approximate surface area is 153 Å². The number of pyridine rings is 1. The molecule has 0 aliphatic rings. The second kappa shape index (κ2) is 8.65. The summed E-state index contributed by atoms with van der Waals surface area (Å²) in [5.41, 5.74) is 3.42. The van der Waals surface area contributed by atoms with E-state index in [1.54, 1.807) is 37.7 Å². The van der Waals surface area contributed by atoms with Crippen LogP contribution in [0.15, 0.2) is 73.1 Å². The van der Waals surface area contributed by atoms with Crippen LogP contribution in [0.2, 0.25) is 0 Å². The molecule has 2 aromatic carbocycles. The number of benzene rings is 2. The van der Waals surface area contributed by atoms with Crippen LogP contribution in [0.4, 0.5) is 5.69 Å². The Hall–Kier alpha value is -3.36. The summed E-state index contributed by atoms with van der Waals surface area (Å²) in [5, 5.41) is 11.0. The molecule has 1 aromatic heterocycles. The molecule has 0 spiro atoms. The zero-order valence-electron chi connectivity index (χ0n) is 14.5. The molecule has 3 rings (SSSR count). The molecule has 0 N–H and O–H groups in total. The molecule has 0 unspecified atom stereocenters. The summed E-state index contributed by atoms with van der Waals surface area (Å²) in [4.78, 5) is 10.1. The van der Waals surface area contributed by atoms with Crippen molar-refractivity contribution in [2.45, 2.75) is 13.2 Å². The third-order valence-corrected chi connectivity index (χ3v) is 3.91. The molecule has 5 heteroatoms. The molecule has 130 valence electrons. The maximum absolute atomic E-state index is 9.13. The van der Waals surface area contributed by atoms with Crippen LogP contribution in [-0.4, -0.2) is 12.1 Å². The fraction of sp³-hybridized carbons (Fsp3) is 0.143. The van der Waals surface area contributed by atoms with Crippen molar-refractivity contribution in [2.75, 3.05) is 12.2 Å². The highest BCUT2D eigenvalue weighted by atomic mass is 16.7. The summed E-state index contributed by atoms with van der Waals surface area (Å²) in [7, 11) is 1.61. The standard InChI is InChI=1S/C21H19N3O2/c1-25-21-8-7-18(14-22)13-19(21)16-26-24(20-5-3-2-4-6-20)15-17-9-11-23-12-10-17/h2-13H,15-16H2,1H3. The second-order valence-corrected chi connectivity index (χ2v) is 5.64. The van der Waals surface area contributed by atoms with Gasteiger partial charge in [-0.2, -0.15) is 5.26 Å². The highest BCUT2D eigenvalue weighted by Gasteiger charge is 2.11. The number of ether oxygens (including phenoxy) is 1. The Morgan fingerprint density at radius 2 is 1.81 bits per heavy atom. The van der Waals surface area contributed by atoms with Gasteiger partial charge in [0, 0.05) is 18.0 Å². The maximum atomic E-state index is 9.13. The van der Waals surface area contributed by atoms with Gasteiger partial charge in [-0.3, -0.25) is 9.82 Å². The summed E-state index contributed by atoms with van der Waals surface area (Å²) in [6, 6.07) is 21.2. The Kier molecular flexibility index (Phi) is 5.81. The predicted octanol–water partition coefficient (Wildman–Crippen LogP) is 4.10. The molecule has 0 radical (unpaired) electrons. The number of anilines is 1. The zero-order valence-corrected chi connectivity index (χ0v) is 14.5. The molecule has 0 fully saturated rings. The van der Waals surface area contributed by atoms with Crippen LogP contribution in [0.5, 0.6) is 5.75 Å². The first-order valence-electron chi connectivity index (χ1n) is 8.21. The van der Waals surface area contributed by atoms with Crippen molar-refractivity contribution in [1.82, 2.24) is 4.98 Å². The van der Waals surface area contributed by atoms with Gasteiger partial charge in [0.15, 0.2) is 0 Å². The number of nitrogens with zero attached hydrogens (tertiary/aromatic N) is 3. The van der Waals surface area contributed by atoms with E-state index < -0.39 is 0 Å². The molecule has 0 saturated carbocycles. The summed E-state index contributed by atoms with van der Waals surface area (Å²) >= 11 is 0. The van der Waals surface area contributed by atoms with E-state index in [4.69, 9.17) is 14.8 Å². The van der Waals surface area contributed by atoms with Crippen LogP contribution in [-0.2, 0) is 18.0 Å². The van der Waals surface area contributed by atoms with Crippen molar-refractivity contribution in [1.29, 1.82) is 5.26 Å². The van der Waals surface area contributed by atoms with E-state index >= 15 is 0 Å². The number of hydrogen-bond acceptors (Lipinski definition) is 5. The van der Waals surface area contributed by atoms with Crippen molar-refractivity contribution in [3.05, 3.63) is 89.7 Å². The monoisotopic (exact) mass is 345 g/mol. The SMILES string of the molecule is COc1ccc(C#N)cc1CON(Cc1ccncc1)c1ccccc1. The lowest BCUT2D eigenvalue weighted by molar-refractivity contribution is 0.0893. The number of rotatable bonds is 7. The molecule has 0 amide bonds. The Bertz CT molecular complexity index is 877. The number of nitriles is 1. The average molecular weight is 345 g/mol. The fourth-order valence-corrected chi connectivity index (χ4v) is 2.57. The first-order valence-corrected chi connectivity index (χ1v) is 8.21. The summed E-state index contributed by atoms with van der Waals surface area (Å²) < 4.78 is 5.38. The quantitative estimate of drug-likeness (QED) is 0.603. The largest absolute Gasteiger partial charge is 0.496 e. The van der Waals surface area contributed by atoms with E-state index in [2.05, 4.69) is 11.1 Å². The van der Waals surface area contributed by atoms with Gasteiger partial charge in [0.2, 0.25) is 0 Å². The van der Waals surface area contributed by atoms with Crippen LogP contribution in [0, 0.1) is 11.3 Å². The molecular formula is C21H19N3O2. The van der Waals surface area contributed by atoms with Crippen molar-refractivity contribution < 1.29 is 9.57 Å². The minimum atomic E-state index is 0.290. The molecule has 0 saturated heterocycles. The van der Waals surface area contributed by atoms with Crippen LogP contribution >= 0.6 is 0 Å². The fourth-order valence-electron chi connectivity index (χ4n) is 2.57. The van der Waals surface area contributed by atoms with Gasteiger partial charge in [-0.15, -0.1) is 0 Å². The normalized spacial score (nSPS) is 10.2. The summed E-state index contributed by atoms with van der Waals surface area (Å²) in [6.45, 7) is 0.867. The van der Waals surface area contributed by atoms with Gasteiger partial charge in [-0.05, 0) is 48.0 Å². The Morgan fingerprint density at radius 1 is 1.04 bits per heavy atom. The van der Waals surface area contributed by atoms with E-state index in [0.717, 1.165) is 16.8 Å². The number of hydroxylamine groups is 1. The molecule has 0 aliphatic heterocycles. The van der Waals surface area contributed by atoms with Crippen LogP contribution in [0.1, 0.15) is 16.7 Å².